The average Bonchev–Trinajstić information content (AvgIpc) is 2.94. The minimum absolute atomic E-state index is 0.139. The number of nitrogens with zero attached hydrogens (tertiary/aromatic N) is 6. The number of aromatic nitrogens is 6. The SMILES string of the molecule is Clc1nc(-c2ccccc2)c2ncccc2n1.Clc1nc(Cl)c2ncccc2n1.OB(O)c1ccccc1. The van der Waals surface area contributed by atoms with E-state index in [0.29, 0.717) is 16.5 Å². The highest BCUT2D eigenvalue weighted by molar-refractivity contribution is 6.58. The smallest absolute Gasteiger partial charge is 0.423 e. The van der Waals surface area contributed by atoms with Gasteiger partial charge in [-0.3, -0.25) is 9.97 Å². The molecule has 0 saturated heterocycles. The fourth-order valence-corrected chi connectivity index (χ4v) is 3.89. The van der Waals surface area contributed by atoms with E-state index < -0.39 is 7.12 Å². The van der Waals surface area contributed by atoms with E-state index in [4.69, 9.17) is 44.9 Å². The molecule has 0 aliphatic heterocycles. The zero-order chi connectivity index (χ0) is 26.9. The zero-order valence-electron chi connectivity index (χ0n) is 19.5. The van der Waals surface area contributed by atoms with Crippen molar-refractivity contribution in [1.29, 1.82) is 0 Å². The zero-order valence-corrected chi connectivity index (χ0v) is 21.8. The molecule has 38 heavy (non-hydrogen) atoms. The van der Waals surface area contributed by atoms with Crippen LogP contribution in [-0.2, 0) is 0 Å². The highest BCUT2D eigenvalue weighted by Gasteiger charge is 2.09. The van der Waals surface area contributed by atoms with Gasteiger partial charge >= 0.3 is 7.12 Å². The Morgan fingerprint density at radius 3 is 1.66 bits per heavy atom. The fourth-order valence-electron chi connectivity index (χ4n) is 3.27. The molecule has 2 N–H and O–H groups in total. The maximum Gasteiger partial charge on any atom is 0.488 e. The van der Waals surface area contributed by atoms with Crippen LogP contribution in [0.25, 0.3) is 33.3 Å². The van der Waals surface area contributed by atoms with Crippen LogP contribution in [0.3, 0.4) is 0 Å². The van der Waals surface area contributed by atoms with Crippen LogP contribution in [0.5, 0.6) is 0 Å². The van der Waals surface area contributed by atoms with Gasteiger partial charge in [0, 0.05) is 18.0 Å². The van der Waals surface area contributed by atoms with Crippen LogP contribution < -0.4 is 5.46 Å². The third-order valence-corrected chi connectivity index (χ3v) is 5.56. The van der Waals surface area contributed by atoms with Gasteiger partial charge in [0.1, 0.15) is 16.7 Å². The second-order valence-corrected chi connectivity index (χ2v) is 8.55. The summed E-state index contributed by atoms with van der Waals surface area (Å²) in [6, 6.07) is 25.7. The number of pyridine rings is 2. The van der Waals surface area contributed by atoms with Crippen LogP contribution in [0.4, 0.5) is 0 Å². The van der Waals surface area contributed by atoms with Crippen LogP contribution in [0.15, 0.2) is 97.3 Å². The summed E-state index contributed by atoms with van der Waals surface area (Å²) in [6.07, 6.45) is 3.36. The van der Waals surface area contributed by atoms with E-state index in [2.05, 4.69) is 29.9 Å². The second-order valence-electron chi connectivity index (χ2n) is 7.52. The van der Waals surface area contributed by atoms with E-state index >= 15 is 0 Å². The lowest BCUT2D eigenvalue weighted by Gasteiger charge is -2.04. The summed E-state index contributed by atoms with van der Waals surface area (Å²) in [7, 11) is -1.34. The summed E-state index contributed by atoms with van der Waals surface area (Å²) in [4.78, 5) is 24.4. The maximum atomic E-state index is 8.58. The largest absolute Gasteiger partial charge is 0.488 e. The Hall–Kier alpha value is -3.73. The lowest BCUT2D eigenvalue weighted by molar-refractivity contribution is 0.426. The van der Waals surface area contributed by atoms with Crippen molar-refractivity contribution in [2.75, 3.05) is 0 Å². The molecule has 0 fully saturated rings. The van der Waals surface area contributed by atoms with E-state index in [1.165, 1.54) is 0 Å². The molecule has 0 unspecified atom stereocenters. The number of hydrogen-bond acceptors (Lipinski definition) is 8. The molecule has 0 amide bonds. The van der Waals surface area contributed by atoms with E-state index in [0.717, 1.165) is 22.3 Å². The third-order valence-electron chi connectivity index (χ3n) is 4.96. The van der Waals surface area contributed by atoms with Gasteiger partial charge < -0.3 is 10.0 Å². The number of benzene rings is 2. The van der Waals surface area contributed by atoms with Gasteiger partial charge in [0.15, 0.2) is 5.15 Å². The minimum Gasteiger partial charge on any atom is -0.423 e. The summed E-state index contributed by atoms with van der Waals surface area (Å²) >= 11 is 17.3. The molecular weight excluding hydrogens is 545 g/mol. The van der Waals surface area contributed by atoms with Crippen molar-refractivity contribution in [2.45, 2.75) is 0 Å². The Bertz CT molecular complexity index is 1650. The lowest BCUT2D eigenvalue weighted by Crippen LogP contribution is -2.29. The standard InChI is InChI=1S/C13H8ClN3.C7H3Cl2N3.C6H7BO2/c14-13-16-10-7-4-8-15-12(10)11(17-13)9-5-2-1-3-6-9;8-6-5-4(2-1-3-10-5)11-7(9)12-6;8-7(9)6-4-2-1-3-5-6/h1-8H;1-3H;1-5,8-9H. The quantitative estimate of drug-likeness (QED) is 0.171. The molecule has 8 nitrogen and oxygen atoms in total. The number of hydrogen-bond donors (Lipinski definition) is 2. The minimum atomic E-state index is -1.34. The van der Waals surface area contributed by atoms with Crippen molar-refractivity contribution in [3.05, 3.63) is 113 Å². The molecule has 0 atom stereocenters. The van der Waals surface area contributed by atoms with Gasteiger partial charge in [-0.05, 0) is 52.9 Å². The predicted molar refractivity (Wildman–Crippen MR) is 151 cm³/mol. The number of fused-ring (bicyclic) bond motifs is 2. The van der Waals surface area contributed by atoms with Crippen molar-refractivity contribution >= 4 is 69.5 Å². The molecule has 0 aliphatic carbocycles. The number of rotatable bonds is 2. The van der Waals surface area contributed by atoms with Gasteiger partial charge in [0.05, 0.1) is 11.0 Å². The fraction of sp³-hybridized carbons (Fsp3) is 0. The molecule has 12 heteroatoms. The maximum absolute atomic E-state index is 8.58. The predicted octanol–water partition coefficient (Wildman–Crippen LogP) is 5.04. The van der Waals surface area contributed by atoms with Gasteiger partial charge in [-0.15, -0.1) is 0 Å². The van der Waals surface area contributed by atoms with Crippen LogP contribution in [0.1, 0.15) is 0 Å². The van der Waals surface area contributed by atoms with Gasteiger partial charge in [-0.1, -0.05) is 72.3 Å². The normalized spacial score (nSPS) is 10.2. The summed E-state index contributed by atoms with van der Waals surface area (Å²) in [5.74, 6) is 0. The average molecular weight is 564 g/mol. The molecule has 4 heterocycles. The molecule has 0 bridgehead atoms. The molecular formula is C26H18BCl3N6O2. The monoisotopic (exact) mass is 562 g/mol. The Labute approximate surface area is 233 Å². The highest BCUT2D eigenvalue weighted by Crippen LogP contribution is 2.25. The van der Waals surface area contributed by atoms with Crippen LogP contribution >= 0.6 is 34.8 Å². The molecule has 0 aliphatic rings. The van der Waals surface area contributed by atoms with Crippen LogP contribution in [-0.4, -0.2) is 47.1 Å². The second kappa shape index (κ2) is 13.2. The Morgan fingerprint density at radius 2 is 1.08 bits per heavy atom. The molecule has 6 rings (SSSR count). The van der Waals surface area contributed by atoms with Crippen LogP contribution in [0, 0.1) is 0 Å². The van der Waals surface area contributed by atoms with Gasteiger partial charge in [-0.25, -0.2) is 19.9 Å². The van der Waals surface area contributed by atoms with E-state index in [9.17, 15) is 0 Å². The van der Waals surface area contributed by atoms with E-state index in [1.807, 2.05) is 48.5 Å². The lowest BCUT2D eigenvalue weighted by atomic mass is 9.81. The first-order valence-corrected chi connectivity index (χ1v) is 12.2. The van der Waals surface area contributed by atoms with Crippen molar-refractivity contribution in [2.24, 2.45) is 0 Å². The van der Waals surface area contributed by atoms with Crippen molar-refractivity contribution in [3.63, 3.8) is 0 Å². The molecule has 2 aromatic carbocycles. The molecule has 0 saturated carbocycles. The summed E-state index contributed by atoms with van der Waals surface area (Å²) in [6.45, 7) is 0. The number of halogens is 3. The third kappa shape index (κ3) is 7.19. The van der Waals surface area contributed by atoms with Gasteiger partial charge in [-0.2, -0.15) is 0 Å². The summed E-state index contributed by atoms with van der Waals surface area (Å²) < 4.78 is 0. The van der Waals surface area contributed by atoms with Crippen LogP contribution in [0.2, 0.25) is 15.7 Å². The van der Waals surface area contributed by atoms with Crippen molar-refractivity contribution in [3.8, 4) is 11.3 Å². The van der Waals surface area contributed by atoms with Gasteiger partial charge in [0.2, 0.25) is 10.6 Å². The molecule has 6 aromatic rings. The first-order chi connectivity index (χ1) is 18.4. The van der Waals surface area contributed by atoms with Gasteiger partial charge in [0.25, 0.3) is 0 Å². The Morgan fingerprint density at radius 1 is 0.553 bits per heavy atom. The van der Waals surface area contributed by atoms with Crippen molar-refractivity contribution in [1.82, 2.24) is 29.9 Å². The first kappa shape index (κ1) is 27.3. The molecule has 0 spiro atoms. The van der Waals surface area contributed by atoms with E-state index in [1.54, 1.807) is 48.8 Å². The molecule has 188 valence electrons. The summed E-state index contributed by atoms with van der Waals surface area (Å²) in [5.41, 5.74) is 5.03. The topological polar surface area (TPSA) is 118 Å². The first-order valence-electron chi connectivity index (χ1n) is 11.1. The Kier molecular flexibility index (Phi) is 9.48. The Balaban J connectivity index is 0.000000141. The molecule has 0 radical (unpaired) electrons. The molecule has 4 aromatic heterocycles. The van der Waals surface area contributed by atoms with Crippen molar-refractivity contribution < 1.29 is 10.0 Å². The van der Waals surface area contributed by atoms with E-state index in [-0.39, 0.29) is 15.7 Å². The summed E-state index contributed by atoms with van der Waals surface area (Å²) in [5, 5.41) is 17.8. The highest BCUT2D eigenvalue weighted by atomic mass is 35.5.